The second kappa shape index (κ2) is 9.51. The fraction of sp³-hybridized carbons (Fsp3) is 0.138. The fourth-order valence-electron chi connectivity index (χ4n) is 4.50. The Labute approximate surface area is 217 Å². The Morgan fingerprint density at radius 2 is 1.79 bits per heavy atom. The van der Waals surface area contributed by atoms with Gasteiger partial charge in [-0.2, -0.15) is 10.2 Å². The standard InChI is InChI=1S/C29H24FN7O/c1-18(2)37-27-21(14-33-37)12-23(15-31-27)34-29(38)24-13-26(20-8-4-3-5-9-20)35-28-25(24)16-32-36(28)17-19-7-6-10-22(30)11-19/h3-16,18H,17H2,1-2H3,(H,34,38). The first-order chi connectivity index (χ1) is 18.5. The molecule has 2 aromatic carbocycles. The Bertz CT molecular complexity index is 1790. The molecule has 0 aliphatic rings. The Morgan fingerprint density at radius 3 is 2.58 bits per heavy atom. The summed E-state index contributed by atoms with van der Waals surface area (Å²) in [6.45, 7) is 4.39. The van der Waals surface area contributed by atoms with Crippen LogP contribution in [0.25, 0.3) is 33.3 Å². The van der Waals surface area contributed by atoms with E-state index in [1.54, 1.807) is 35.4 Å². The summed E-state index contributed by atoms with van der Waals surface area (Å²) >= 11 is 0. The largest absolute Gasteiger partial charge is 0.321 e. The number of nitrogens with zero attached hydrogens (tertiary/aromatic N) is 6. The summed E-state index contributed by atoms with van der Waals surface area (Å²) in [5.41, 5.74) is 4.53. The van der Waals surface area contributed by atoms with Crippen LogP contribution in [0.3, 0.4) is 0 Å². The number of nitrogens with one attached hydrogen (secondary N) is 1. The van der Waals surface area contributed by atoms with Crippen molar-refractivity contribution in [3.8, 4) is 11.3 Å². The van der Waals surface area contributed by atoms with Crippen molar-refractivity contribution < 1.29 is 9.18 Å². The number of carbonyl (C=O) groups is 1. The lowest BCUT2D eigenvalue weighted by Gasteiger charge is -2.11. The lowest BCUT2D eigenvalue weighted by atomic mass is 10.1. The molecule has 0 saturated carbocycles. The van der Waals surface area contributed by atoms with Gasteiger partial charge in [0, 0.05) is 17.0 Å². The average Bonchev–Trinajstić information content (AvgIpc) is 3.53. The van der Waals surface area contributed by atoms with E-state index in [4.69, 9.17) is 4.98 Å². The minimum Gasteiger partial charge on any atom is -0.321 e. The molecule has 38 heavy (non-hydrogen) atoms. The summed E-state index contributed by atoms with van der Waals surface area (Å²) in [4.78, 5) is 23.0. The Kier molecular flexibility index (Phi) is 5.88. The quantitative estimate of drug-likeness (QED) is 0.306. The molecule has 0 aliphatic carbocycles. The summed E-state index contributed by atoms with van der Waals surface area (Å²) in [6, 6.07) is 19.8. The second-order valence-corrected chi connectivity index (χ2v) is 9.36. The van der Waals surface area contributed by atoms with Gasteiger partial charge in [0.2, 0.25) is 0 Å². The van der Waals surface area contributed by atoms with E-state index in [9.17, 15) is 9.18 Å². The van der Waals surface area contributed by atoms with E-state index in [0.29, 0.717) is 34.5 Å². The molecule has 4 heterocycles. The fourth-order valence-corrected chi connectivity index (χ4v) is 4.50. The van der Waals surface area contributed by atoms with Crippen molar-refractivity contribution in [1.29, 1.82) is 0 Å². The van der Waals surface area contributed by atoms with Crippen LogP contribution in [0.2, 0.25) is 0 Å². The molecule has 1 amide bonds. The molecule has 1 N–H and O–H groups in total. The lowest BCUT2D eigenvalue weighted by Crippen LogP contribution is -2.13. The van der Waals surface area contributed by atoms with E-state index in [0.717, 1.165) is 22.2 Å². The van der Waals surface area contributed by atoms with Gasteiger partial charge in [0.25, 0.3) is 5.91 Å². The third kappa shape index (κ3) is 4.39. The Hall–Kier alpha value is -4.92. The highest BCUT2D eigenvalue weighted by Crippen LogP contribution is 2.27. The van der Waals surface area contributed by atoms with Crippen LogP contribution >= 0.6 is 0 Å². The van der Waals surface area contributed by atoms with E-state index < -0.39 is 0 Å². The molecular weight excluding hydrogens is 481 g/mol. The van der Waals surface area contributed by atoms with Crippen LogP contribution in [0.4, 0.5) is 10.1 Å². The zero-order valence-electron chi connectivity index (χ0n) is 20.8. The SMILES string of the molecule is CC(C)n1ncc2cc(NC(=O)c3cc(-c4ccccc4)nc4c3cnn4Cc3cccc(F)c3)cnc21. The first-order valence-corrected chi connectivity index (χ1v) is 12.3. The number of pyridine rings is 2. The minimum atomic E-state index is -0.318. The molecule has 0 spiro atoms. The molecule has 0 bridgehead atoms. The predicted molar refractivity (Wildman–Crippen MR) is 144 cm³/mol. The molecule has 0 fully saturated rings. The normalized spacial score (nSPS) is 11.5. The van der Waals surface area contributed by atoms with E-state index in [1.807, 2.05) is 61.0 Å². The number of carbonyl (C=O) groups excluding carboxylic acids is 1. The Balaban J connectivity index is 1.41. The van der Waals surface area contributed by atoms with Crippen molar-refractivity contribution in [1.82, 2.24) is 29.5 Å². The molecule has 0 atom stereocenters. The number of benzene rings is 2. The average molecular weight is 506 g/mol. The first-order valence-electron chi connectivity index (χ1n) is 12.3. The topological polar surface area (TPSA) is 90.5 Å². The van der Waals surface area contributed by atoms with Crippen LogP contribution in [0.15, 0.2) is 85.3 Å². The number of aromatic nitrogens is 6. The predicted octanol–water partition coefficient (Wildman–Crippen LogP) is 5.86. The van der Waals surface area contributed by atoms with E-state index >= 15 is 0 Å². The van der Waals surface area contributed by atoms with Crippen molar-refractivity contribution in [2.75, 3.05) is 5.32 Å². The molecule has 6 aromatic rings. The van der Waals surface area contributed by atoms with Gasteiger partial charge < -0.3 is 5.32 Å². The zero-order valence-corrected chi connectivity index (χ0v) is 20.8. The molecule has 6 rings (SSSR count). The highest BCUT2D eigenvalue weighted by atomic mass is 19.1. The van der Waals surface area contributed by atoms with E-state index in [2.05, 4.69) is 20.5 Å². The van der Waals surface area contributed by atoms with Crippen molar-refractivity contribution in [3.63, 3.8) is 0 Å². The highest BCUT2D eigenvalue weighted by molar-refractivity contribution is 6.13. The molecule has 4 aromatic heterocycles. The van der Waals surface area contributed by atoms with Crippen molar-refractivity contribution in [3.05, 3.63) is 102 Å². The number of amides is 1. The van der Waals surface area contributed by atoms with Crippen LogP contribution in [-0.4, -0.2) is 35.4 Å². The van der Waals surface area contributed by atoms with Gasteiger partial charge in [-0.3, -0.25) is 4.79 Å². The van der Waals surface area contributed by atoms with Gasteiger partial charge in [0.15, 0.2) is 11.3 Å². The smallest absolute Gasteiger partial charge is 0.256 e. The van der Waals surface area contributed by atoms with Crippen molar-refractivity contribution in [2.45, 2.75) is 26.4 Å². The maximum absolute atomic E-state index is 13.8. The number of rotatable bonds is 6. The third-order valence-corrected chi connectivity index (χ3v) is 6.33. The first kappa shape index (κ1) is 23.5. The monoisotopic (exact) mass is 505 g/mol. The van der Waals surface area contributed by atoms with Gasteiger partial charge in [0.05, 0.1) is 47.5 Å². The number of halogens is 1. The van der Waals surface area contributed by atoms with Crippen molar-refractivity contribution >= 4 is 33.7 Å². The van der Waals surface area contributed by atoms with Crippen LogP contribution in [0.1, 0.15) is 35.8 Å². The molecule has 0 radical (unpaired) electrons. The summed E-state index contributed by atoms with van der Waals surface area (Å²) in [5.74, 6) is -0.626. The molecule has 8 nitrogen and oxygen atoms in total. The number of anilines is 1. The highest BCUT2D eigenvalue weighted by Gasteiger charge is 2.19. The molecule has 9 heteroatoms. The molecule has 0 unspecified atom stereocenters. The van der Waals surface area contributed by atoms with Crippen LogP contribution in [-0.2, 0) is 6.54 Å². The van der Waals surface area contributed by atoms with Gasteiger partial charge >= 0.3 is 0 Å². The van der Waals surface area contributed by atoms with Crippen molar-refractivity contribution in [2.24, 2.45) is 0 Å². The van der Waals surface area contributed by atoms with Gasteiger partial charge in [-0.15, -0.1) is 0 Å². The number of hydrogen-bond acceptors (Lipinski definition) is 5. The zero-order chi connectivity index (χ0) is 26.2. The summed E-state index contributed by atoms with van der Waals surface area (Å²) in [5, 5.41) is 13.3. The van der Waals surface area contributed by atoms with E-state index in [-0.39, 0.29) is 17.8 Å². The maximum Gasteiger partial charge on any atom is 0.256 e. The molecule has 0 aliphatic heterocycles. The van der Waals surface area contributed by atoms with E-state index in [1.165, 1.54) is 12.1 Å². The Morgan fingerprint density at radius 1 is 0.947 bits per heavy atom. The molecule has 0 saturated heterocycles. The lowest BCUT2D eigenvalue weighted by molar-refractivity contribution is 0.102. The van der Waals surface area contributed by atoms with Crippen LogP contribution in [0, 0.1) is 5.82 Å². The van der Waals surface area contributed by atoms with Crippen LogP contribution < -0.4 is 5.32 Å². The molecule has 188 valence electrons. The molecular formula is C29H24FN7O. The summed E-state index contributed by atoms with van der Waals surface area (Å²) in [6.07, 6.45) is 5.00. The number of fused-ring (bicyclic) bond motifs is 2. The second-order valence-electron chi connectivity index (χ2n) is 9.36. The van der Waals surface area contributed by atoms with Gasteiger partial charge in [0.1, 0.15) is 5.82 Å². The van der Waals surface area contributed by atoms with Gasteiger partial charge in [-0.05, 0) is 43.7 Å². The number of hydrogen-bond donors (Lipinski definition) is 1. The summed E-state index contributed by atoms with van der Waals surface area (Å²) in [7, 11) is 0. The summed E-state index contributed by atoms with van der Waals surface area (Å²) < 4.78 is 17.3. The van der Waals surface area contributed by atoms with Gasteiger partial charge in [-0.1, -0.05) is 42.5 Å². The van der Waals surface area contributed by atoms with Crippen LogP contribution in [0.5, 0.6) is 0 Å². The maximum atomic E-state index is 13.8. The third-order valence-electron chi connectivity index (χ3n) is 6.33. The van der Waals surface area contributed by atoms with Gasteiger partial charge in [-0.25, -0.2) is 23.7 Å². The minimum absolute atomic E-state index is 0.172.